The summed E-state index contributed by atoms with van der Waals surface area (Å²) >= 11 is 0. The van der Waals surface area contributed by atoms with Crippen molar-refractivity contribution in [2.24, 2.45) is 17.5 Å². The molecule has 3 heterocycles. The second-order valence-electron chi connectivity index (χ2n) is 12.2. The Morgan fingerprint density at radius 3 is 2.43 bits per heavy atom. The van der Waals surface area contributed by atoms with Gasteiger partial charge in [-0.05, 0) is 70.9 Å². The number of fused-ring (bicyclic) bond motifs is 3. The molecule has 1 aliphatic rings. The van der Waals surface area contributed by atoms with Crippen molar-refractivity contribution in [3.63, 3.8) is 0 Å². The lowest BCUT2D eigenvalue weighted by Gasteiger charge is -2.37. The second-order valence-corrected chi connectivity index (χ2v) is 13.5. The fraction of sp³-hybridized carbons (Fsp3) is 0.438. The van der Waals surface area contributed by atoms with E-state index in [4.69, 9.17) is 21.5 Å². The Labute approximate surface area is 249 Å². The summed E-state index contributed by atoms with van der Waals surface area (Å²) in [4.78, 5) is 10.4. The number of halogens is 1. The number of allylic oxidation sites excluding steroid dienone is 1. The topological polar surface area (TPSA) is 115 Å². The molecule has 0 radical (unpaired) electrons. The molecule has 0 saturated heterocycles. The molecule has 0 bridgehead atoms. The van der Waals surface area contributed by atoms with Crippen LogP contribution in [0.3, 0.4) is 0 Å². The Bertz CT molecular complexity index is 1650. The van der Waals surface area contributed by atoms with Crippen molar-refractivity contribution in [1.29, 1.82) is 0 Å². The van der Waals surface area contributed by atoms with Gasteiger partial charge >= 0.3 is 0 Å². The fourth-order valence-corrected chi connectivity index (χ4v) is 7.13. The van der Waals surface area contributed by atoms with Crippen LogP contribution in [0.25, 0.3) is 27.6 Å². The Balaban J connectivity index is 1.93. The predicted molar refractivity (Wildman–Crippen MR) is 171 cm³/mol. The minimum absolute atomic E-state index is 0.113. The van der Waals surface area contributed by atoms with Crippen molar-refractivity contribution in [3.05, 3.63) is 65.6 Å². The third-order valence-corrected chi connectivity index (χ3v) is 9.21. The molecule has 2 atom stereocenters. The molecule has 10 heteroatoms. The SMILES string of the molecule is C/C(N)=C(\c1cnc2c3c(NC(C)C)ncc(S(C)=O)c3n(C(c3ccccc3)C3CCC(C)(F)CC3)c2c1)N(C)N. The van der Waals surface area contributed by atoms with Crippen LogP contribution in [0.4, 0.5) is 10.2 Å². The summed E-state index contributed by atoms with van der Waals surface area (Å²) in [6.07, 6.45) is 7.62. The van der Waals surface area contributed by atoms with E-state index in [9.17, 15) is 4.21 Å². The van der Waals surface area contributed by atoms with Crippen molar-refractivity contribution < 1.29 is 8.60 Å². The largest absolute Gasteiger partial charge is 0.401 e. The first-order valence-electron chi connectivity index (χ1n) is 14.5. The number of hydrogen-bond acceptors (Lipinski definition) is 7. The minimum atomic E-state index is -1.34. The lowest BCUT2D eigenvalue weighted by Crippen LogP contribution is -2.31. The van der Waals surface area contributed by atoms with E-state index in [1.54, 1.807) is 32.6 Å². The van der Waals surface area contributed by atoms with Crippen LogP contribution in [-0.4, -0.2) is 48.8 Å². The van der Waals surface area contributed by atoms with Gasteiger partial charge in [0, 0.05) is 43.0 Å². The van der Waals surface area contributed by atoms with Gasteiger partial charge in [0.15, 0.2) is 0 Å². The summed E-state index contributed by atoms with van der Waals surface area (Å²) in [6, 6.07) is 12.4. The zero-order valence-corrected chi connectivity index (χ0v) is 26.1. The number of rotatable bonds is 8. The number of alkyl halides is 1. The van der Waals surface area contributed by atoms with Gasteiger partial charge in [0.05, 0.1) is 49.4 Å². The summed E-state index contributed by atoms with van der Waals surface area (Å²) in [5.41, 5.74) is 10.7. The van der Waals surface area contributed by atoms with Crippen LogP contribution in [0.2, 0.25) is 0 Å². The third-order valence-electron chi connectivity index (χ3n) is 8.30. The first kappa shape index (κ1) is 30.0. The molecule has 42 heavy (non-hydrogen) atoms. The average molecular weight is 592 g/mol. The van der Waals surface area contributed by atoms with Gasteiger partial charge in [-0.15, -0.1) is 0 Å². The smallest absolute Gasteiger partial charge is 0.137 e. The Hall–Kier alpha value is -3.50. The Morgan fingerprint density at radius 1 is 1.19 bits per heavy atom. The molecule has 1 saturated carbocycles. The molecule has 224 valence electrons. The number of nitrogens with zero attached hydrogens (tertiary/aromatic N) is 4. The number of benzene rings is 1. The summed E-state index contributed by atoms with van der Waals surface area (Å²) in [7, 11) is 0.414. The second kappa shape index (κ2) is 11.6. The van der Waals surface area contributed by atoms with Crippen molar-refractivity contribution in [2.45, 2.75) is 76.0 Å². The van der Waals surface area contributed by atoms with Crippen molar-refractivity contribution in [3.8, 4) is 0 Å². The van der Waals surface area contributed by atoms with Gasteiger partial charge in [0.2, 0.25) is 0 Å². The first-order chi connectivity index (χ1) is 19.9. The van der Waals surface area contributed by atoms with Crippen LogP contribution in [0.15, 0.2) is 59.4 Å². The van der Waals surface area contributed by atoms with Gasteiger partial charge in [0.25, 0.3) is 0 Å². The number of pyridine rings is 2. The van der Waals surface area contributed by atoms with E-state index < -0.39 is 16.5 Å². The number of nitrogens with two attached hydrogens (primary N) is 2. The molecule has 5 N–H and O–H groups in total. The maximum Gasteiger partial charge on any atom is 0.137 e. The quantitative estimate of drug-likeness (QED) is 0.167. The Kier molecular flexibility index (Phi) is 8.31. The number of hydrazine groups is 1. The van der Waals surface area contributed by atoms with E-state index in [0.29, 0.717) is 34.9 Å². The van der Waals surface area contributed by atoms with Crippen LogP contribution in [0.1, 0.15) is 70.5 Å². The van der Waals surface area contributed by atoms with E-state index in [2.05, 4.69) is 41.9 Å². The molecule has 5 rings (SSSR count). The van der Waals surface area contributed by atoms with Crippen LogP contribution in [0, 0.1) is 5.92 Å². The van der Waals surface area contributed by atoms with Gasteiger partial charge < -0.3 is 20.6 Å². The molecule has 0 amide bonds. The zero-order chi connectivity index (χ0) is 30.3. The number of nitrogens with one attached hydrogen (secondary N) is 1. The highest BCUT2D eigenvalue weighted by atomic mass is 32.2. The van der Waals surface area contributed by atoms with Gasteiger partial charge in [0.1, 0.15) is 11.5 Å². The molecule has 1 aliphatic carbocycles. The number of anilines is 1. The molecule has 1 aromatic carbocycles. The van der Waals surface area contributed by atoms with E-state index in [1.807, 2.05) is 25.1 Å². The van der Waals surface area contributed by atoms with Crippen LogP contribution in [0.5, 0.6) is 0 Å². The minimum Gasteiger partial charge on any atom is -0.401 e. The molecule has 4 aromatic rings. The van der Waals surface area contributed by atoms with Gasteiger partial charge in [-0.3, -0.25) is 9.19 Å². The lowest BCUT2D eigenvalue weighted by atomic mass is 9.76. The standard InChI is InChI=1S/C32H42FN7OS/c1-19(2)38-31-26-27-24(16-23(17-36-27)28(20(3)34)39(5)35)40(30(26)25(18-37-31)42(6)41)29(21-10-8-7-9-11-21)22-12-14-32(4,33)15-13-22/h7-11,16-19,22,29H,12-15,34-35H2,1-6H3,(H,37,38)/b28-20-. The predicted octanol–water partition coefficient (Wildman–Crippen LogP) is 6.10. The van der Waals surface area contributed by atoms with E-state index in [0.717, 1.165) is 45.9 Å². The van der Waals surface area contributed by atoms with Crippen LogP contribution < -0.4 is 16.9 Å². The summed E-state index contributed by atoms with van der Waals surface area (Å²) in [5, 5.41) is 5.82. The molecule has 1 fully saturated rings. The molecule has 3 aromatic heterocycles. The molecular weight excluding hydrogens is 549 g/mol. The van der Waals surface area contributed by atoms with Gasteiger partial charge in [-0.1, -0.05) is 30.3 Å². The van der Waals surface area contributed by atoms with E-state index >= 15 is 4.39 Å². The summed E-state index contributed by atoms with van der Waals surface area (Å²) in [5.74, 6) is 7.06. The summed E-state index contributed by atoms with van der Waals surface area (Å²) in [6.45, 7) is 7.64. The normalized spacial score (nSPS) is 21.4. The third kappa shape index (κ3) is 5.62. The van der Waals surface area contributed by atoms with E-state index in [1.165, 1.54) is 5.01 Å². The highest BCUT2D eigenvalue weighted by molar-refractivity contribution is 7.84. The molecular formula is C32H42FN7OS. The maximum atomic E-state index is 15.1. The van der Waals surface area contributed by atoms with Crippen LogP contribution in [-0.2, 0) is 10.8 Å². The average Bonchev–Trinajstić information content (AvgIpc) is 3.24. The molecule has 2 unspecified atom stereocenters. The van der Waals surface area contributed by atoms with Crippen molar-refractivity contribution >= 4 is 44.3 Å². The molecule has 0 aliphatic heterocycles. The monoisotopic (exact) mass is 591 g/mol. The van der Waals surface area contributed by atoms with E-state index in [-0.39, 0.29) is 18.0 Å². The van der Waals surface area contributed by atoms with Gasteiger partial charge in [-0.2, -0.15) is 0 Å². The molecule has 0 spiro atoms. The van der Waals surface area contributed by atoms with Crippen molar-refractivity contribution in [2.75, 3.05) is 18.6 Å². The van der Waals surface area contributed by atoms with Crippen molar-refractivity contribution in [1.82, 2.24) is 19.5 Å². The number of hydrogen-bond donors (Lipinski definition) is 3. The maximum absolute atomic E-state index is 15.1. The number of aromatic nitrogens is 3. The first-order valence-corrected chi connectivity index (χ1v) is 16.1. The highest BCUT2D eigenvalue weighted by Crippen LogP contribution is 2.47. The van der Waals surface area contributed by atoms with Gasteiger partial charge in [-0.25, -0.2) is 15.2 Å². The molecule has 8 nitrogen and oxygen atoms in total. The lowest BCUT2D eigenvalue weighted by molar-refractivity contribution is 0.0920. The van der Waals surface area contributed by atoms with Crippen LogP contribution >= 0.6 is 0 Å². The fourth-order valence-electron chi connectivity index (χ4n) is 6.46. The zero-order valence-electron chi connectivity index (χ0n) is 25.3. The summed E-state index contributed by atoms with van der Waals surface area (Å²) < 4.78 is 30.7. The highest BCUT2D eigenvalue weighted by Gasteiger charge is 2.37. The Morgan fingerprint density at radius 2 is 1.86 bits per heavy atom.